The van der Waals surface area contributed by atoms with Crippen molar-refractivity contribution in [1.29, 1.82) is 0 Å². The number of para-hydroxylation sites is 2. The molecule has 2 heterocycles. The van der Waals surface area contributed by atoms with Gasteiger partial charge in [0.1, 0.15) is 5.82 Å². The molecule has 108 valence electrons. The highest BCUT2D eigenvalue weighted by molar-refractivity contribution is 5.75. The fraction of sp³-hybridized carbons (Fsp3) is 0.533. The molecule has 1 aromatic carbocycles. The van der Waals surface area contributed by atoms with E-state index in [1.807, 2.05) is 25.1 Å². The first kappa shape index (κ1) is 13.5. The van der Waals surface area contributed by atoms with Gasteiger partial charge in [-0.05, 0) is 19.1 Å². The predicted molar refractivity (Wildman–Crippen MR) is 77.7 cm³/mol. The lowest BCUT2D eigenvalue weighted by Crippen LogP contribution is -2.42. The van der Waals surface area contributed by atoms with Gasteiger partial charge in [-0.3, -0.25) is 4.90 Å². The molecule has 20 heavy (non-hydrogen) atoms. The minimum atomic E-state index is -0.385. The Kier molecular flexibility index (Phi) is 4.00. The van der Waals surface area contributed by atoms with Gasteiger partial charge in [0.2, 0.25) is 0 Å². The van der Waals surface area contributed by atoms with Gasteiger partial charge in [0.15, 0.2) is 0 Å². The second-order valence-corrected chi connectivity index (χ2v) is 5.33. The molecule has 1 aliphatic heterocycles. The fourth-order valence-electron chi connectivity index (χ4n) is 2.78. The van der Waals surface area contributed by atoms with Crippen molar-refractivity contribution in [2.45, 2.75) is 19.6 Å². The van der Waals surface area contributed by atoms with Crippen LogP contribution in [-0.2, 0) is 11.3 Å². The van der Waals surface area contributed by atoms with E-state index in [-0.39, 0.29) is 6.10 Å². The lowest BCUT2D eigenvalue weighted by atomic mass is 10.2. The Morgan fingerprint density at radius 2 is 2.00 bits per heavy atom. The van der Waals surface area contributed by atoms with Crippen LogP contribution in [0.4, 0.5) is 0 Å². The topological polar surface area (TPSA) is 50.5 Å². The van der Waals surface area contributed by atoms with Crippen LogP contribution in [0.2, 0.25) is 0 Å². The van der Waals surface area contributed by atoms with E-state index in [2.05, 4.69) is 20.5 Å². The number of aryl methyl sites for hydroxylation is 1. The van der Waals surface area contributed by atoms with Gasteiger partial charge in [0.05, 0.1) is 36.9 Å². The number of morpholine rings is 1. The molecule has 1 N–H and O–H groups in total. The van der Waals surface area contributed by atoms with Crippen LogP contribution in [0.1, 0.15) is 5.82 Å². The lowest BCUT2D eigenvalue weighted by Gasteiger charge is -2.28. The summed E-state index contributed by atoms with van der Waals surface area (Å²) < 4.78 is 7.42. The van der Waals surface area contributed by atoms with Crippen LogP contribution in [0.5, 0.6) is 0 Å². The second kappa shape index (κ2) is 5.91. The minimum Gasteiger partial charge on any atom is -0.390 e. The molecule has 0 aliphatic carbocycles. The first-order valence-electron chi connectivity index (χ1n) is 7.14. The molecule has 1 aromatic heterocycles. The summed E-state index contributed by atoms with van der Waals surface area (Å²) in [5, 5.41) is 10.3. The van der Waals surface area contributed by atoms with Crippen molar-refractivity contribution in [2.75, 3.05) is 32.8 Å². The highest BCUT2D eigenvalue weighted by Crippen LogP contribution is 2.16. The zero-order valence-corrected chi connectivity index (χ0v) is 11.8. The van der Waals surface area contributed by atoms with Crippen molar-refractivity contribution in [3.05, 3.63) is 30.1 Å². The van der Waals surface area contributed by atoms with Crippen molar-refractivity contribution < 1.29 is 9.84 Å². The largest absolute Gasteiger partial charge is 0.390 e. The number of aromatic nitrogens is 2. The van der Waals surface area contributed by atoms with Gasteiger partial charge in [0, 0.05) is 19.6 Å². The maximum absolute atomic E-state index is 10.3. The number of aliphatic hydroxyl groups is 1. The quantitative estimate of drug-likeness (QED) is 0.906. The third-order valence-corrected chi connectivity index (χ3v) is 3.81. The predicted octanol–water partition coefficient (Wildman–Crippen LogP) is 1.04. The normalized spacial score (nSPS) is 18.5. The molecule has 1 fully saturated rings. The molecule has 0 radical (unpaired) electrons. The van der Waals surface area contributed by atoms with E-state index in [1.165, 1.54) is 0 Å². The number of nitrogens with zero attached hydrogens (tertiary/aromatic N) is 3. The number of hydrogen-bond acceptors (Lipinski definition) is 4. The molecule has 0 spiro atoms. The average molecular weight is 275 g/mol. The summed E-state index contributed by atoms with van der Waals surface area (Å²) in [6, 6.07) is 8.06. The summed E-state index contributed by atoms with van der Waals surface area (Å²) in [6.45, 7) is 6.60. The molecular weight excluding hydrogens is 254 g/mol. The van der Waals surface area contributed by atoms with Crippen LogP contribution in [-0.4, -0.2) is 58.5 Å². The van der Waals surface area contributed by atoms with E-state index in [1.54, 1.807) is 0 Å². The van der Waals surface area contributed by atoms with E-state index in [4.69, 9.17) is 4.74 Å². The van der Waals surface area contributed by atoms with E-state index < -0.39 is 0 Å². The van der Waals surface area contributed by atoms with E-state index in [0.29, 0.717) is 13.1 Å². The zero-order chi connectivity index (χ0) is 13.9. The van der Waals surface area contributed by atoms with Crippen LogP contribution < -0.4 is 0 Å². The van der Waals surface area contributed by atoms with E-state index >= 15 is 0 Å². The summed E-state index contributed by atoms with van der Waals surface area (Å²) in [5.41, 5.74) is 2.08. The second-order valence-electron chi connectivity index (χ2n) is 5.33. The van der Waals surface area contributed by atoms with Crippen molar-refractivity contribution in [1.82, 2.24) is 14.5 Å². The van der Waals surface area contributed by atoms with Crippen molar-refractivity contribution in [2.24, 2.45) is 0 Å². The molecular formula is C15H21N3O2. The number of hydrogen-bond donors (Lipinski definition) is 1. The number of imidazole rings is 1. The minimum absolute atomic E-state index is 0.385. The summed E-state index contributed by atoms with van der Waals surface area (Å²) >= 11 is 0. The Morgan fingerprint density at radius 1 is 1.25 bits per heavy atom. The third kappa shape index (κ3) is 2.85. The van der Waals surface area contributed by atoms with Crippen LogP contribution in [0.15, 0.2) is 24.3 Å². The maximum atomic E-state index is 10.3. The first-order chi connectivity index (χ1) is 9.74. The molecule has 1 atom stereocenters. The molecule has 1 saturated heterocycles. The standard InChI is InChI=1S/C15H21N3O2/c1-12-16-14-4-2-3-5-15(14)18(12)11-13(19)10-17-6-8-20-9-7-17/h2-5,13,19H,6-11H2,1H3/t13-/m0/s1. The zero-order valence-electron chi connectivity index (χ0n) is 11.8. The Morgan fingerprint density at radius 3 is 2.80 bits per heavy atom. The molecule has 2 aromatic rings. The van der Waals surface area contributed by atoms with Gasteiger partial charge in [-0.15, -0.1) is 0 Å². The SMILES string of the molecule is Cc1nc2ccccc2n1C[C@@H](O)CN1CCOCC1. The van der Waals surface area contributed by atoms with E-state index in [9.17, 15) is 5.11 Å². The van der Waals surface area contributed by atoms with Crippen LogP contribution in [0.25, 0.3) is 11.0 Å². The monoisotopic (exact) mass is 275 g/mol. The lowest BCUT2D eigenvalue weighted by molar-refractivity contribution is 0.0116. The Bertz CT molecular complexity index is 576. The molecule has 5 nitrogen and oxygen atoms in total. The number of β-amino-alcohol motifs (C(OH)–C–C–N with tert-alkyl or cyclic N) is 1. The number of rotatable bonds is 4. The summed E-state index contributed by atoms with van der Waals surface area (Å²) in [4.78, 5) is 6.78. The summed E-state index contributed by atoms with van der Waals surface area (Å²) in [6.07, 6.45) is -0.385. The molecule has 5 heteroatoms. The number of aliphatic hydroxyl groups excluding tert-OH is 1. The van der Waals surface area contributed by atoms with Crippen LogP contribution in [0.3, 0.4) is 0 Å². The number of ether oxygens (including phenoxy) is 1. The fourth-order valence-corrected chi connectivity index (χ4v) is 2.78. The first-order valence-corrected chi connectivity index (χ1v) is 7.14. The summed E-state index contributed by atoms with van der Waals surface area (Å²) in [7, 11) is 0. The van der Waals surface area contributed by atoms with Gasteiger partial charge in [-0.2, -0.15) is 0 Å². The highest BCUT2D eigenvalue weighted by atomic mass is 16.5. The Hall–Kier alpha value is -1.43. The van der Waals surface area contributed by atoms with Gasteiger partial charge in [-0.1, -0.05) is 12.1 Å². The maximum Gasteiger partial charge on any atom is 0.106 e. The van der Waals surface area contributed by atoms with Crippen LogP contribution in [0, 0.1) is 6.92 Å². The molecule has 3 rings (SSSR count). The van der Waals surface area contributed by atoms with Gasteiger partial charge >= 0.3 is 0 Å². The number of fused-ring (bicyclic) bond motifs is 1. The molecule has 1 aliphatic rings. The van der Waals surface area contributed by atoms with Crippen molar-refractivity contribution in [3.63, 3.8) is 0 Å². The molecule has 0 amide bonds. The number of benzene rings is 1. The van der Waals surface area contributed by atoms with Crippen molar-refractivity contribution >= 4 is 11.0 Å². The van der Waals surface area contributed by atoms with Gasteiger partial charge in [-0.25, -0.2) is 4.98 Å². The van der Waals surface area contributed by atoms with Crippen LogP contribution >= 0.6 is 0 Å². The summed E-state index contributed by atoms with van der Waals surface area (Å²) in [5.74, 6) is 0.951. The highest BCUT2D eigenvalue weighted by Gasteiger charge is 2.17. The molecule has 0 bridgehead atoms. The smallest absolute Gasteiger partial charge is 0.106 e. The molecule has 0 saturated carbocycles. The Labute approximate surface area is 118 Å². The molecule has 0 unspecified atom stereocenters. The Balaban J connectivity index is 1.70. The van der Waals surface area contributed by atoms with E-state index in [0.717, 1.165) is 43.2 Å². The third-order valence-electron chi connectivity index (χ3n) is 3.81. The average Bonchev–Trinajstić information content (AvgIpc) is 2.76. The van der Waals surface area contributed by atoms with Gasteiger partial charge < -0.3 is 14.4 Å². The van der Waals surface area contributed by atoms with Gasteiger partial charge in [0.25, 0.3) is 0 Å². The van der Waals surface area contributed by atoms with Crippen molar-refractivity contribution in [3.8, 4) is 0 Å².